The van der Waals surface area contributed by atoms with Crippen LogP contribution in [-0.2, 0) is 6.42 Å². The van der Waals surface area contributed by atoms with E-state index in [1.54, 1.807) is 7.11 Å². The summed E-state index contributed by atoms with van der Waals surface area (Å²) in [4.78, 5) is 0. The van der Waals surface area contributed by atoms with Crippen LogP contribution in [0.1, 0.15) is 17.5 Å². The van der Waals surface area contributed by atoms with Crippen LogP contribution in [0.25, 0.3) is 0 Å². The van der Waals surface area contributed by atoms with E-state index in [2.05, 4.69) is 0 Å². The maximum absolute atomic E-state index is 6.19. The Labute approximate surface area is 90.0 Å². The lowest BCUT2D eigenvalue weighted by Gasteiger charge is -2.11. The summed E-state index contributed by atoms with van der Waals surface area (Å²) in [6, 6.07) is 3.92. The molecule has 0 fully saturated rings. The summed E-state index contributed by atoms with van der Waals surface area (Å²) in [7, 11) is 1.66. The first-order valence-corrected chi connectivity index (χ1v) is 5.10. The number of aryl methyl sites for hydroxylation is 1. The van der Waals surface area contributed by atoms with Crippen molar-refractivity contribution in [2.75, 3.05) is 13.7 Å². The highest BCUT2D eigenvalue weighted by atomic mass is 35.5. The first kappa shape index (κ1) is 11.3. The molecule has 2 N–H and O–H groups in total. The van der Waals surface area contributed by atoms with Crippen LogP contribution < -0.4 is 10.5 Å². The topological polar surface area (TPSA) is 35.2 Å². The number of nitrogens with two attached hydrogens (primary N) is 1. The molecule has 0 amide bonds. The minimum absolute atomic E-state index is 0.674. The number of hydrogen-bond donors (Lipinski definition) is 1. The Morgan fingerprint density at radius 3 is 2.71 bits per heavy atom. The lowest BCUT2D eigenvalue weighted by molar-refractivity contribution is 0.409. The molecule has 1 aromatic rings. The van der Waals surface area contributed by atoms with Crippen molar-refractivity contribution >= 4 is 11.6 Å². The van der Waals surface area contributed by atoms with Gasteiger partial charge in [-0.1, -0.05) is 17.7 Å². The highest BCUT2D eigenvalue weighted by Crippen LogP contribution is 2.30. The van der Waals surface area contributed by atoms with Crippen molar-refractivity contribution in [3.05, 3.63) is 28.3 Å². The average molecular weight is 214 g/mol. The van der Waals surface area contributed by atoms with Crippen LogP contribution in [0, 0.1) is 6.92 Å². The van der Waals surface area contributed by atoms with Crippen molar-refractivity contribution < 1.29 is 4.74 Å². The first-order valence-electron chi connectivity index (χ1n) is 4.72. The van der Waals surface area contributed by atoms with E-state index in [9.17, 15) is 0 Å². The molecule has 0 aliphatic carbocycles. The van der Waals surface area contributed by atoms with Crippen molar-refractivity contribution in [1.82, 2.24) is 0 Å². The van der Waals surface area contributed by atoms with Crippen LogP contribution in [0.4, 0.5) is 0 Å². The van der Waals surface area contributed by atoms with Crippen LogP contribution >= 0.6 is 11.6 Å². The van der Waals surface area contributed by atoms with E-state index in [-0.39, 0.29) is 0 Å². The van der Waals surface area contributed by atoms with Crippen molar-refractivity contribution in [1.29, 1.82) is 0 Å². The largest absolute Gasteiger partial charge is 0.496 e. The lowest BCUT2D eigenvalue weighted by atomic mass is 10.1. The molecule has 0 aliphatic rings. The van der Waals surface area contributed by atoms with Crippen LogP contribution in [0.3, 0.4) is 0 Å². The minimum Gasteiger partial charge on any atom is -0.496 e. The van der Waals surface area contributed by atoms with Crippen LogP contribution in [-0.4, -0.2) is 13.7 Å². The second-order valence-electron chi connectivity index (χ2n) is 3.27. The Morgan fingerprint density at radius 2 is 2.14 bits per heavy atom. The van der Waals surface area contributed by atoms with Gasteiger partial charge in [0.15, 0.2) is 0 Å². The van der Waals surface area contributed by atoms with Crippen LogP contribution in [0.2, 0.25) is 5.02 Å². The van der Waals surface area contributed by atoms with Gasteiger partial charge in [0.2, 0.25) is 0 Å². The summed E-state index contributed by atoms with van der Waals surface area (Å²) in [5, 5.41) is 0.804. The third kappa shape index (κ3) is 2.40. The number of hydrogen-bond acceptors (Lipinski definition) is 2. The average Bonchev–Trinajstić information content (AvgIpc) is 2.20. The zero-order valence-electron chi connectivity index (χ0n) is 8.64. The van der Waals surface area contributed by atoms with Gasteiger partial charge >= 0.3 is 0 Å². The van der Waals surface area contributed by atoms with Gasteiger partial charge in [-0.05, 0) is 37.9 Å². The van der Waals surface area contributed by atoms with Gasteiger partial charge in [0.1, 0.15) is 5.75 Å². The van der Waals surface area contributed by atoms with Crippen molar-refractivity contribution in [2.24, 2.45) is 5.73 Å². The standard InChI is InChI=1S/C11H16ClNO/c1-8-5-6-10(14-2)9(11(8)12)4-3-7-13/h5-6H,3-4,7,13H2,1-2H3. The maximum Gasteiger partial charge on any atom is 0.123 e. The SMILES string of the molecule is COc1ccc(C)c(Cl)c1CCCN. The van der Waals surface area contributed by atoms with Gasteiger partial charge in [-0.15, -0.1) is 0 Å². The monoisotopic (exact) mass is 213 g/mol. The Hall–Kier alpha value is -0.730. The molecule has 3 heteroatoms. The Bertz CT molecular complexity index is 312. The van der Waals surface area contributed by atoms with E-state index in [1.165, 1.54) is 0 Å². The number of halogens is 1. The van der Waals surface area contributed by atoms with Gasteiger partial charge in [0.25, 0.3) is 0 Å². The predicted octanol–water partition coefficient (Wildman–Crippen LogP) is 2.55. The smallest absolute Gasteiger partial charge is 0.123 e. The van der Waals surface area contributed by atoms with Crippen LogP contribution in [0.15, 0.2) is 12.1 Å². The van der Waals surface area contributed by atoms with Gasteiger partial charge in [-0.3, -0.25) is 0 Å². The van der Waals surface area contributed by atoms with Gasteiger partial charge in [0.05, 0.1) is 12.1 Å². The van der Waals surface area contributed by atoms with E-state index >= 15 is 0 Å². The molecule has 0 spiro atoms. The molecule has 0 saturated heterocycles. The molecule has 0 saturated carbocycles. The summed E-state index contributed by atoms with van der Waals surface area (Å²) < 4.78 is 5.25. The second-order valence-corrected chi connectivity index (χ2v) is 3.65. The van der Waals surface area contributed by atoms with E-state index in [0.717, 1.165) is 34.7 Å². The molecular weight excluding hydrogens is 198 g/mol. The summed E-state index contributed by atoms with van der Waals surface area (Å²) in [6.45, 7) is 2.67. The number of rotatable bonds is 4. The Balaban J connectivity index is 3.01. The normalized spacial score (nSPS) is 10.3. The maximum atomic E-state index is 6.19. The van der Waals surface area contributed by atoms with E-state index in [1.807, 2.05) is 19.1 Å². The highest BCUT2D eigenvalue weighted by molar-refractivity contribution is 6.32. The molecule has 78 valence electrons. The van der Waals surface area contributed by atoms with Crippen molar-refractivity contribution in [3.63, 3.8) is 0 Å². The predicted molar refractivity (Wildman–Crippen MR) is 60.1 cm³/mol. The first-order chi connectivity index (χ1) is 6.70. The van der Waals surface area contributed by atoms with Crippen molar-refractivity contribution in [2.45, 2.75) is 19.8 Å². The Morgan fingerprint density at radius 1 is 1.43 bits per heavy atom. The lowest BCUT2D eigenvalue weighted by Crippen LogP contribution is -2.02. The fourth-order valence-electron chi connectivity index (χ4n) is 1.42. The van der Waals surface area contributed by atoms with E-state index < -0.39 is 0 Å². The van der Waals surface area contributed by atoms with E-state index in [0.29, 0.717) is 6.54 Å². The van der Waals surface area contributed by atoms with Gasteiger partial charge < -0.3 is 10.5 Å². The molecule has 0 aromatic heterocycles. The minimum atomic E-state index is 0.674. The molecule has 14 heavy (non-hydrogen) atoms. The number of benzene rings is 1. The third-order valence-corrected chi connectivity index (χ3v) is 2.77. The van der Waals surface area contributed by atoms with E-state index in [4.69, 9.17) is 22.1 Å². The summed E-state index contributed by atoms with van der Waals surface area (Å²) in [5.41, 5.74) is 7.62. The Kier molecular flexibility index (Phi) is 4.23. The molecule has 2 nitrogen and oxygen atoms in total. The quantitative estimate of drug-likeness (QED) is 0.835. The molecule has 0 aliphatic heterocycles. The third-order valence-electron chi connectivity index (χ3n) is 2.24. The zero-order valence-corrected chi connectivity index (χ0v) is 9.40. The van der Waals surface area contributed by atoms with Gasteiger partial charge in [0, 0.05) is 5.56 Å². The fraction of sp³-hybridized carbons (Fsp3) is 0.455. The van der Waals surface area contributed by atoms with Crippen molar-refractivity contribution in [3.8, 4) is 5.75 Å². The molecule has 0 atom stereocenters. The molecule has 1 rings (SSSR count). The fourth-order valence-corrected chi connectivity index (χ4v) is 1.67. The molecule has 0 radical (unpaired) electrons. The number of methoxy groups -OCH3 is 1. The molecule has 0 bridgehead atoms. The molecule has 1 aromatic carbocycles. The summed E-state index contributed by atoms with van der Waals surface area (Å²) >= 11 is 6.19. The van der Waals surface area contributed by atoms with Crippen LogP contribution in [0.5, 0.6) is 5.75 Å². The highest BCUT2D eigenvalue weighted by Gasteiger charge is 2.09. The molecule has 0 unspecified atom stereocenters. The van der Waals surface area contributed by atoms with Gasteiger partial charge in [-0.2, -0.15) is 0 Å². The van der Waals surface area contributed by atoms with Gasteiger partial charge in [-0.25, -0.2) is 0 Å². The number of ether oxygens (including phenoxy) is 1. The molecular formula is C11H16ClNO. The molecule has 0 heterocycles. The second kappa shape index (κ2) is 5.23. The zero-order chi connectivity index (χ0) is 10.6. The summed E-state index contributed by atoms with van der Waals surface area (Å²) in [6.07, 6.45) is 1.81. The summed E-state index contributed by atoms with van der Waals surface area (Å²) in [5.74, 6) is 0.856.